The molecular weight excluding hydrogens is 851 g/mol. The summed E-state index contributed by atoms with van der Waals surface area (Å²) < 4.78 is 7.79. The van der Waals surface area contributed by atoms with Gasteiger partial charge in [0.1, 0.15) is 11.3 Å². The smallest absolute Gasteiger partial charge is 0.164 e. The fraction of sp³-hybridized carbons (Fsp3) is 0.447. The molecule has 0 saturated heterocycles. The number of carbonyl (C=O) groups excluding carboxylic acids is 1. The molecule has 1 radical (unpaired) electrons. The maximum atomic E-state index is 12.2. The zero-order valence-corrected chi connectivity index (χ0v) is 37.1. The summed E-state index contributed by atoms with van der Waals surface area (Å²) in [5.41, 5.74) is 5.91. The molecule has 0 spiro atoms. The molecule has 1 N–H and O–H groups in total. The van der Waals surface area contributed by atoms with Gasteiger partial charge in [-0.2, -0.15) is 0 Å². The van der Waals surface area contributed by atoms with Gasteiger partial charge in [0.2, 0.25) is 0 Å². The Bertz CT molecular complexity index is 2260. The molecule has 3 heterocycles. The minimum atomic E-state index is -0.337. The third-order valence-electron chi connectivity index (χ3n) is 11.6. The second kappa shape index (κ2) is 16.6. The van der Waals surface area contributed by atoms with Crippen LogP contribution in [0.4, 0.5) is 0 Å². The Kier molecular flexibility index (Phi) is 13.3. The normalized spacial score (nSPS) is 12.8. The van der Waals surface area contributed by atoms with Gasteiger partial charge in [-0.1, -0.05) is 117 Å². The van der Waals surface area contributed by atoms with Gasteiger partial charge in [-0.15, -0.1) is 40.5 Å². The first-order chi connectivity index (χ1) is 24.5. The van der Waals surface area contributed by atoms with Gasteiger partial charge < -0.3 is 9.52 Å². The molecule has 4 nitrogen and oxygen atoms in total. The van der Waals surface area contributed by atoms with Crippen molar-refractivity contribution in [2.45, 2.75) is 121 Å². The summed E-state index contributed by atoms with van der Waals surface area (Å²) in [6.45, 7) is 25.7. The van der Waals surface area contributed by atoms with Crippen molar-refractivity contribution in [2.24, 2.45) is 16.7 Å². The number of pyridine rings is 1. The van der Waals surface area contributed by atoms with Crippen LogP contribution < -0.4 is 0 Å². The SMILES string of the molecule is CCC(C)(CC)C(=O)/C=C(\O)C(C)(CC)CC.Cc1c(CC(C)C)sc2c1ccc1c2oc2ccnc(-c3[c-]c4ccccc4c(C(C)(C)C)c3)c21.[Ir]. The number of allylic oxidation sites excluding steroid dienone is 2. The van der Waals surface area contributed by atoms with Crippen molar-refractivity contribution in [3.05, 3.63) is 88.6 Å². The maximum Gasteiger partial charge on any atom is 0.164 e. The number of aliphatic hydroxyl groups is 1. The molecule has 0 amide bonds. The Hall–Kier alpha value is -3.31. The Balaban J connectivity index is 0.000000299. The van der Waals surface area contributed by atoms with Crippen molar-refractivity contribution in [2.75, 3.05) is 0 Å². The van der Waals surface area contributed by atoms with E-state index in [4.69, 9.17) is 9.40 Å². The molecule has 0 aliphatic heterocycles. The molecule has 53 heavy (non-hydrogen) atoms. The summed E-state index contributed by atoms with van der Waals surface area (Å²) in [7, 11) is 0. The molecule has 6 rings (SSSR count). The summed E-state index contributed by atoms with van der Waals surface area (Å²) in [5.74, 6) is 0.915. The van der Waals surface area contributed by atoms with Crippen LogP contribution in [-0.4, -0.2) is 15.9 Å². The molecule has 6 heteroatoms. The van der Waals surface area contributed by atoms with Crippen LogP contribution in [-0.2, 0) is 36.7 Å². The second-order valence-electron chi connectivity index (χ2n) is 16.5. The Morgan fingerprint density at radius 1 is 0.906 bits per heavy atom. The fourth-order valence-corrected chi connectivity index (χ4v) is 8.44. The molecular formula is C47H58IrNO3S-. The first-order valence-electron chi connectivity index (χ1n) is 19.1. The summed E-state index contributed by atoms with van der Waals surface area (Å²) >= 11 is 1.88. The van der Waals surface area contributed by atoms with Crippen molar-refractivity contribution in [3.63, 3.8) is 0 Å². The summed E-state index contributed by atoms with van der Waals surface area (Å²) in [4.78, 5) is 18.5. The molecule has 0 saturated carbocycles. The van der Waals surface area contributed by atoms with E-state index in [0.717, 1.165) is 70.7 Å². The van der Waals surface area contributed by atoms with Crippen LogP contribution in [0.3, 0.4) is 0 Å². The maximum absolute atomic E-state index is 12.2. The average Bonchev–Trinajstić information content (AvgIpc) is 3.66. The van der Waals surface area contributed by atoms with Gasteiger partial charge in [-0.05, 0) is 67.4 Å². The zero-order valence-electron chi connectivity index (χ0n) is 33.8. The molecule has 0 bridgehead atoms. The predicted molar refractivity (Wildman–Crippen MR) is 224 cm³/mol. The molecule has 0 aliphatic rings. The molecule has 3 aromatic carbocycles. The van der Waals surface area contributed by atoms with Crippen LogP contribution in [0.15, 0.2) is 71.0 Å². The third-order valence-corrected chi connectivity index (χ3v) is 12.9. The number of aryl methyl sites for hydroxylation is 1. The van der Waals surface area contributed by atoms with Crippen LogP contribution in [0.25, 0.3) is 54.1 Å². The van der Waals surface area contributed by atoms with E-state index in [9.17, 15) is 9.90 Å². The number of aromatic nitrogens is 1. The molecule has 0 atom stereocenters. The number of thiophene rings is 1. The predicted octanol–water partition coefficient (Wildman–Crippen LogP) is 14.3. The number of nitrogens with zero attached hydrogens (tertiary/aromatic N) is 1. The first-order valence-corrected chi connectivity index (χ1v) is 20.0. The van der Waals surface area contributed by atoms with Gasteiger partial charge in [0, 0.05) is 64.6 Å². The van der Waals surface area contributed by atoms with Gasteiger partial charge in [-0.25, -0.2) is 0 Å². The van der Waals surface area contributed by atoms with Gasteiger partial charge in [0.25, 0.3) is 0 Å². The largest absolute Gasteiger partial charge is 0.512 e. The van der Waals surface area contributed by atoms with Crippen molar-refractivity contribution >= 4 is 59.9 Å². The fourth-order valence-electron chi connectivity index (χ4n) is 6.94. The minimum Gasteiger partial charge on any atom is -0.512 e. The summed E-state index contributed by atoms with van der Waals surface area (Å²) in [6.07, 6.45) is 7.71. The van der Waals surface area contributed by atoms with Crippen molar-refractivity contribution in [1.29, 1.82) is 0 Å². The van der Waals surface area contributed by atoms with Crippen LogP contribution in [0.1, 0.15) is 118 Å². The van der Waals surface area contributed by atoms with Crippen molar-refractivity contribution in [1.82, 2.24) is 4.98 Å². The number of benzene rings is 3. The summed E-state index contributed by atoms with van der Waals surface area (Å²) in [6, 6.07) is 21.0. The molecule has 0 unspecified atom stereocenters. The quantitative estimate of drug-likeness (QED) is 0.0845. The number of rotatable bonds is 10. The zero-order chi connectivity index (χ0) is 38.2. The van der Waals surface area contributed by atoms with E-state index in [1.54, 1.807) is 0 Å². The number of hydrogen-bond acceptors (Lipinski definition) is 5. The van der Waals surface area contributed by atoms with E-state index in [1.165, 1.54) is 37.6 Å². The van der Waals surface area contributed by atoms with E-state index < -0.39 is 0 Å². The van der Waals surface area contributed by atoms with Crippen LogP contribution in [0, 0.1) is 29.7 Å². The van der Waals surface area contributed by atoms with Crippen LogP contribution in [0.5, 0.6) is 0 Å². The summed E-state index contributed by atoms with van der Waals surface area (Å²) in [5, 5.41) is 16.0. The first kappa shape index (κ1) is 42.4. The molecule has 285 valence electrons. The molecule has 3 aromatic heterocycles. The number of furan rings is 1. The van der Waals surface area contributed by atoms with E-state index >= 15 is 0 Å². The third kappa shape index (κ3) is 8.36. The van der Waals surface area contributed by atoms with E-state index in [1.807, 2.05) is 65.1 Å². The van der Waals surface area contributed by atoms with Gasteiger partial charge in [0.05, 0.1) is 4.70 Å². The second-order valence-corrected chi connectivity index (χ2v) is 17.6. The number of fused-ring (bicyclic) bond motifs is 6. The van der Waals surface area contributed by atoms with E-state index in [0.29, 0.717) is 5.92 Å². The monoisotopic (exact) mass is 909 g/mol. The van der Waals surface area contributed by atoms with Gasteiger partial charge >= 0.3 is 0 Å². The van der Waals surface area contributed by atoms with Crippen LogP contribution in [0.2, 0.25) is 0 Å². The van der Waals surface area contributed by atoms with Crippen molar-refractivity contribution in [3.8, 4) is 11.3 Å². The Morgan fingerprint density at radius 2 is 1.53 bits per heavy atom. The molecule has 6 aromatic rings. The van der Waals surface area contributed by atoms with Gasteiger partial charge in [0.15, 0.2) is 11.4 Å². The standard InChI is InChI=1S/C32H30NOS.C15H28O2.Ir/c1-18(2)15-27-19(3)22-11-12-24-28-26(34-30(24)31(22)35-27)13-14-33-29(28)21-16-20-9-7-8-10-23(20)25(17-21)32(4,5)6;1-7-14(5,8-2)12(16)11-13(17)15(6,9-3)10-4;/h7-14,17-18H,15H2,1-6H3;11,16H,7-10H2,1-6H3;/q-1;;/b;12-11-;. The van der Waals surface area contributed by atoms with Gasteiger partial charge in [-0.3, -0.25) is 9.78 Å². The van der Waals surface area contributed by atoms with E-state index in [2.05, 4.69) is 90.1 Å². The number of carbonyl (C=O) groups is 1. The topological polar surface area (TPSA) is 63.3 Å². The molecule has 0 fully saturated rings. The van der Waals surface area contributed by atoms with Crippen LogP contribution >= 0.6 is 11.3 Å². The Morgan fingerprint density at radius 3 is 2.13 bits per heavy atom. The Labute approximate surface area is 334 Å². The number of ketones is 1. The van der Waals surface area contributed by atoms with Crippen molar-refractivity contribution < 1.29 is 34.4 Å². The minimum absolute atomic E-state index is 0. The number of hydrogen-bond donors (Lipinski definition) is 1. The van der Waals surface area contributed by atoms with E-state index in [-0.39, 0.29) is 47.9 Å². The number of aliphatic hydroxyl groups excluding tert-OH is 1. The molecule has 0 aliphatic carbocycles. The average molecular weight is 909 g/mol.